The van der Waals surface area contributed by atoms with Crippen molar-refractivity contribution in [2.24, 2.45) is 0 Å². The van der Waals surface area contributed by atoms with E-state index in [0.29, 0.717) is 18.2 Å². The lowest BCUT2D eigenvalue weighted by Gasteiger charge is -2.29. The van der Waals surface area contributed by atoms with Gasteiger partial charge in [0.15, 0.2) is 0 Å². The van der Waals surface area contributed by atoms with Crippen LogP contribution in [-0.2, 0) is 11.3 Å². The second-order valence-electron chi connectivity index (χ2n) is 5.71. The van der Waals surface area contributed by atoms with Crippen LogP contribution in [-0.4, -0.2) is 43.3 Å². The van der Waals surface area contributed by atoms with Crippen molar-refractivity contribution in [3.63, 3.8) is 0 Å². The fraction of sp³-hybridized carbons (Fsp3) is 0.625. The molecule has 1 fully saturated rings. The highest BCUT2D eigenvalue weighted by atomic mass is 16.5. The number of hydrogen-bond donors (Lipinski definition) is 1. The Labute approximate surface area is 116 Å². The first-order chi connectivity index (χ1) is 9.19. The molecule has 1 aliphatic heterocycles. The van der Waals surface area contributed by atoms with E-state index in [1.54, 1.807) is 7.11 Å². The van der Waals surface area contributed by atoms with Crippen LogP contribution in [0.4, 0.5) is 0 Å². The van der Waals surface area contributed by atoms with Crippen molar-refractivity contribution in [2.45, 2.75) is 45.0 Å². The summed E-state index contributed by atoms with van der Waals surface area (Å²) in [6, 6.07) is 11.8. The number of nitrogens with zero attached hydrogens (tertiary/aromatic N) is 1. The second kappa shape index (κ2) is 7.04. The van der Waals surface area contributed by atoms with E-state index < -0.39 is 0 Å². The van der Waals surface area contributed by atoms with Crippen molar-refractivity contribution in [1.82, 2.24) is 10.2 Å². The molecule has 0 bridgehead atoms. The maximum Gasteiger partial charge on any atom is 0.0711 e. The molecule has 2 unspecified atom stereocenters. The minimum Gasteiger partial charge on any atom is -0.380 e. The Morgan fingerprint density at radius 1 is 1.32 bits per heavy atom. The van der Waals surface area contributed by atoms with Gasteiger partial charge < -0.3 is 10.1 Å². The third kappa shape index (κ3) is 4.30. The van der Waals surface area contributed by atoms with Crippen LogP contribution in [0, 0.1) is 0 Å². The lowest BCUT2D eigenvalue weighted by Crippen LogP contribution is -2.40. The summed E-state index contributed by atoms with van der Waals surface area (Å²) in [6.45, 7) is 7.64. The first-order valence-corrected chi connectivity index (χ1v) is 7.23. The number of ether oxygens (including phenoxy) is 1. The molecule has 1 aromatic rings. The summed E-state index contributed by atoms with van der Waals surface area (Å²) in [7, 11) is 1.80. The van der Waals surface area contributed by atoms with Crippen molar-refractivity contribution in [1.29, 1.82) is 0 Å². The molecule has 1 aromatic carbocycles. The van der Waals surface area contributed by atoms with E-state index in [1.807, 2.05) is 0 Å². The Balaban J connectivity index is 1.90. The Kier molecular flexibility index (Phi) is 5.37. The molecule has 0 spiro atoms. The molecule has 0 aliphatic carbocycles. The van der Waals surface area contributed by atoms with E-state index in [-0.39, 0.29) is 0 Å². The van der Waals surface area contributed by atoms with Crippen molar-refractivity contribution >= 4 is 0 Å². The molecule has 3 nitrogen and oxygen atoms in total. The summed E-state index contributed by atoms with van der Waals surface area (Å²) in [6.07, 6.45) is 1.50. The van der Waals surface area contributed by atoms with Crippen LogP contribution in [0.3, 0.4) is 0 Å². The largest absolute Gasteiger partial charge is 0.380 e. The van der Waals surface area contributed by atoms with Gasteiger partial charge in [-0.3, -0.25) is 4.90 Å². The van der Waals surface area contributed by atoms with Gasteiger partial charge >= 0.3 is 0 Å². The van der Waals surface area contributed by atoms with E-state index in [1.165, 1.54) is 5.56 Å². The predicted molar refractivity (Wildman–Crippen MR) is 79.2 cm³/mol. The first kappa shape index (κ1) is 14.5. The second-order valence-corrected chi connectivity index (χ2v) is 5.71. The topological polar surface area (TPSA) is 24.5 Å². The van der Waals surface area contributed by atoms with Gasteiger partial charge in [-0.05, 0) is 25.8 Å². The molecule has 2 atom stereocenters. The van der Waals surface area contributed by atoms with Crippen LogP contribution in [0.15, 0.2) is 30.3 Å². The zero-order chi connectivity index (χ0) is 13.7. The Morgan fingerprint density at radius 2 is 2.05 bits per heavy atom. The smallest absolute Gasteiger partial charge is 0.0711 e. The van der Waals surface area contributed by atoms with Crippen LogP contribution in [0.5, 0.6) is 0 Å². The van der Waals surface area contributed by atoms with Crippen molar-refractivity contribution in [2.75, 3.05) is 20.2 Å². The molecule has 19 heavy (non-hydrogen) atoms. The van der Waals surface area contributed by atoms with Gasteiger partial charge in [-0.15, -0.1) is 0 Å². The minimum atomic E-state index is 0.385. The highest BCUT2D eigenvalue weighted by Gasteiger charge is 2.26. The van der Waals surface area contributed by atoms with Crippen LogP contribution in [0.2, 0.25) is 0 Å². The fourth-order valence-electron chi connectivity index (χ4n) is 2.66. The lowest BCUT2D eigenvalue weighted by atomic mass is 10.1. The van der Waals surface area contributed by atoms with Gasteiger partial charge in [0.25, 0.3) is 0 Å². The molecule has 1 N–H and O–H groups in total. The van der Waals surface area contributed by atoms with Crippen LogP contribution in [0.1, 0.15) is 25.8 Å². The van der Waals surface area contributed by atoms with E-state index in [0.717, 1.165) is 26.1 Å². The van der Waals surface area contributed by atoms with E-state index in [9.17, 15) is 0 Å². The molecule has 0 saturated carbocycles. The monoisotopic (exact) mass is 262 g/mol. The van der Waals surface area contributed by atoms with Gasteiger partial charge in [0.2, 0.25) is 0 Å². The zero-order valence-electron chi connectivity index (χ0n) is 12.3. The Hall–Kier alpha value is -0.900. The first-order valence-electron chi connectivity index (χ1n) is 7.23. The summed E-state index contributed by atoms with van der Waals surface area (Å²) in [5.74, 6) is 0. The molecule has 1 aliphatic rings. The maximum absolute atomic E-state index is 5.42. The molecule has 0 amide bonds. The molecule has 1 heterocycles. The molecule has 1 saturated heterocycles. The maximum atomic E-state index is 5.42. The van der Waals surface area contributed by atoms with Crippen LogP contribution >= 0.6 is 0 Å². The highest BCUT2D eigenvalue weighted by Crippen LogP contribution is 2.14. The summed E-state index contributed by atoms with van der Waals surface area (Å²) in [4.78, 5) is 2.53. The average molecular weight is 262 g/mol. The zero-order valence-corrected chi connectivity index (χ0v) is 12.3. The standard InChI is InChI=1S/C16H26N2O/c1-13(2)18(11-14-7-5-4-6-8-14)12-15-9-16(19-3)10-17-15/h4-8,13,15-17H,9-12H2,1-3H3. The van der Waals surface area contributed by atoms with Gasteiger partial charge in [-0.2, -0.15) is 0 Å². The van der Waals surface area contributed by atoms with Gasteiger partial charge in [0.05, 0.1) is 6.10 Å². The summed E-state index contributed by atoms with van der Waals surface area (Å²) < 4.78 is 5.42. The number of benzene rings is 1. The lowest BCUT2D eigenvalue weighted by molar-refractivity contribution is 0.114. The summed E-state index contributed by atoms with van der Waals surface area (Å²) in [5, 5.41) is 3.56. The predicted octanol–water partition coefficient (Wildman–Crippen LogP) is 2.27. The van der Waals surface area contributed by atoms with Gasteiger partial charge in [0.1, 0.15) is 0 Å². The third-order valence-corrected chi connectivity index (χ3v) is 3.93. The number of hydrogen-bond acceptors (Lipinski definition) is 3. The molecule has 106 valence electrons. The molecule has 3 heteroatoms. The van der Waals surface area contributed by atoms with Gasteiger partial charge in [-0.1, -0.05) is 30.3 Å². The fourth-order valence-corrected chi connectivity index (χ4v) is 2.66. The van der Waals surface area contributed by atoms with Gasteiger partial charge in [-0.25, -0.2) is 0 Å². The Morgan fingerprint density at radius 3 is 2.63 bits per heavy atom. The SMILES string of the molecule is COC1CNC(CN(Cc2ccccc2)C(C)C)C1. The average Bonchev–Trinajstić information content (AvgIpc) is 2.87. The summed E-state index contributed by atoms with van der Waals surface area (Å²) in [5.41, 5.74) is 1.39. The molecular weight excluding hydrogens is 236 g/mol. The van der Waals surface area contributed by atoms with Gasteiger partial charge in [0, 0.05) is 38.8 Å². The van der Waals surface area contributed by atoms with E-state index in [4.69, 9.17) is 4.74 Å². The normalized spacial score (nSPS) is 23.4. The molecular formula is C16H26N2O. The quantitative estimate of drug-likeness (QED) is 0.851. The molecule has 2 rings (SSSR count). The Bertz CT molecular complexity index is 366. The summed E-state index contributed by atoms with van der Waals surface area (Å²) >= 11 is 0. The van der Waals surface area contributed by atoms with Crippen molar-refractivity contribution in [3.8, 4) is 0 Å². The number of nitrogens with one attached hydrogen (secondary N) is 1. The van der Waals surface area contributed by atoms with E-state index in [2.05, 4.69) is 54.4 Å². The van der Waals surface area contributed by atoms with Crippen LogP contribution < -0.4 is 5.32 Å². The molecule has 0 aromatic heterocycles. The van der Waals surface area contributed by atoms with Crippen LogP contribution in [0.25, 0.3) is 0 Å². The number of methoxy groups -OCH3 is 1. The van der Waals surface area contributed by atoms with Crippen molar-refractivity contribution < 1.29 is 4.74 Å². The minimum absolute atomic E-state index is 0.385. The third-order valence-electron chi connectivity index (χ3n) is 3.93. The highest BCUT2D eigenvalue weighted by molar-refractivity contribution is 5.14. The van der Waals surface area contributed by atoms with E-state index >= 15 is 0 Å². The number of rotatable bonds is 6. The molecule has 0 radical (unpaired) electrons. The van der Waals surface area contributed by atoms with Crippen molar-refractivity contribution in [3.05, 3.63) is 35.9 Å².